The van der Waals surface area contributed by atoms with E-state index in [4.69, 9.17) is 26.4 Å². The van der Waals surface area contributed by atoms with E-state index in [1.54, 1.807) is 12.1 Å². The Labute approximate surface area is 147 Å². The van der Waals surface area contributed by atoms with Crippen molar-refractivity contribution >= 4 is 17.5 Å². The maximum Gasteiger partial charge on any atom is 0.357 e. The lowest BCUT2D eigenvalue weighted by molar-refractivity contribution is 0.282. The second kappa shape index (κ2) is 8.11. The Kier molecular flexibility index (Phi) is 6.15. The number of halogens is 1. The van der Waals surface area contributed by atoms with Crippen molar-refractivity contribution < 1.29 is 18.6 Å². The highest BCUT2D eigenvalue weighted by atomic mass is 32.1. The summed E-state index contributed by atoms with van der Waals surface area (Å²) in [6, 6.07) is 8.63. The van der Waals surface area contributed by atoms with Gasteiger partial charge in [0.25, 0.3) is 0 Å². The van der Waals surface area contributed by atoms with E-state index in [9.17, 15) is 4.39 Å². The first-order valence-electron chi connectivity index (χ1n) is 7.72. The Hall–Kier alpha value is -2.14. The van der Waals surface area contributed by atoms with Crippen molar-refractivity contribution in [2.75, 3.05) is 7.11 Å². The molecule has 0 saturated heterocycles. The first-order valence-corrected chi connectivity index (χ1v) is 8.13. The maximum absolute atomic E-state index is 14.2. The molecule has 5 heteroatoms. The van der Waals surface area contributed by atoms with Crippen LogP contribution in [-0.2, 0) is 17.8 Å². The van der Waals surface area contributed by atoms with Crippen molar-refractivity contribution in [3.63, 3.8) is 0 Å². The molecule has 0 heterocycles. The molecule has 0 atom stereocenters. The van der Waals surface area contributed by atoms with Crippen LogP contribution in [0.25, 0.3) is 0 Å². The van der Waals surface area contributed by atoms with Gasteiger partial charge in [0.2, 0.25) is 0 Å². The fourth-order valence-corrected chi connectivity index (χ4v) is 2.53. The monoisotopic (exact) mass is 348 g/mol. The number of benzene rings is 2. The Morgan fingerprint density at radius 3 is 2.54 bits per heavy atom. The molecule has 2 rings (SSSR count). The predicted octanol–water partition coefficient (Wildman–Crippen LogP) is 4.89. The average molecular weight is 348 g/mol. The first-order chi connectivity index (χ1) is 11.5. The van der Waals surface area contributed by atoms with Gasteiger partial charge in [-0.1, -0.05) is 19.1 Å². The molecule has 0 spiro atoms. The van der Waals surface area contributed by atoms with E-state index in [0.717, 1.165) is 23.3 Å². The number of hydrogen-bond acceptors (Lipinski definition) is 4. The summed E-state index contributed by atoms with van der Waals surface area (Å²) >= 11 is 4.88. The van der Waals surface area contributed by atoms with E-state index in [1.165, 1.54) is 18.7 Å². The number of hydrogen-bond donors (Lipinski definition) is 0. The zero-order valence-corrected chi connectivity index (χ0v) is 15.1. The molecule has 0 bridgehead atoms. The summed E-state index contributed by atoms with van der Waals surface area (Å²) in [6.07, 6.45) is 0.965. The lowest BCUT2D eigenvalue weighted by Gasteiger charge is -2.15. The summed E-state index contributed by atoms with van der Waals surface area (Å²) in [5.41, 5.74) is 3.75. The Bertz CT molecular complexity index is 744. The summed E-state index contributed by atoms with van der Waals surface area (Å²) < 4.78 is 30.2. The topological polar surface area (TPSA) is 27.7 Å². The molecule has 0 radical (unpaired) electrons. The van der Waals surface area contributed by atoms with Gasteiger partial charge in [-0.05, 0) is 55.2 Å². The normalized spacial score (nSPS) is 10.4. The smallest absolute Gasteiger partial charge is 0.357 e. The fourth-order valence-electron chi connectivity index (χ4n) is 2.44. The molecule has 128 valence electrons. The molecular weight excluding hydrogens is 327 g/mol. The minimum Gasteiger partial charge on any atom is -0.488 e. The van der Waals surface area contributed by atoms with Crippen LogP contribution in [-0.4, -0.2) is 12.3 Å². The molecule has 0 amide bonds. The third-order valence-corrected chi connectivity index (χ3v) is 4.07. The van der Waals surface area contributed by atoms with Crippen LogP contribution in [0.1, 0.15) is 29.2 Å². The Morgan fingerprint density at radius 1 is 1.12 bits per heavy atom. The minimum absolute atomic E-state index is 0.0418. The molecule has 0 saturated carbocycles. The van der Waals surface area contributed by atoms with Gasteiger partial charge in [-0.3, -0.25) is 0 Å². The second-order valence-corrected chi connectivity index (χ2v) is 5.79. The zero-order valence-electron chi connectivity index (χ0n) is 14.3. The number of ether oxygens (including phenoxy) is 3. The van der Waals surface area contributed by atoms with Crippen LogP contribution in [0.3, 0.4) is 0 Å². The minimum atomic E-state index is -0.411. The van der Waals surface area contributed by atoms with Gasteiger partial charge in [0, 0.05) is 12.2 Å². The zero-order chi connectivity index (χ0) is 17.7. The third kappa shape index (κ3) is 4.23. The van der Waals surface area contributed by atoms with Crippen LogP contribution < -0.4 is 9.47 Å². The van der Waals surface area contributed by atoms with Crippen LogP contribution in [0.15, 0.2) is 30.3 Å². The molecule has 0 aliphatic heterocycles. The highest BCUT2D eigenvalue weighted by Crippen LogP contribution is 2.27. The van der Waals surface area contributed by atoms with Crippen LogP contribution in [0, 0.1) is 19.7 Å². The molecule has 2 aromatic carbocycles. The lowest BCUT2D eigenvalue weighted by Crippen LogP contribution is -2.10. The van der Waals surface area contributed by atoms with Gasteiger partial charge in [-0.2, -0.15) is 0 Å². The summed E-state index contributed by atoms with van der Waals surface area (Å²) in [7, 11) is 1.40. The standard InChI is InChI=1S/C19H21FO3S/c1-5-14-9-13(3)18(10-12(14)2)22-11-15-16(20)7-6-8-17(15)23-19(24)21-4/h6-10H,5,11H2,1-4H3. The van der Waals surface area contributed by atoms with Crippen molar-refractivity contribution in [1.29, 1.82) is 0 Å². The number of rotatable bonds is 5. The Balaban J connectivity index is 2.23. The van der Waals surface area contributed by atoms with Crippen molar-refractivity contribution in [3.8, 4) is 11.5 Å². The van der Waals surface area contributed by atoms with Gasteiger partial charge in [-0.15, -0.1) is 0 Å². The number of aryl methyl sites for hydroxylation is 3. The van der Waals surface area contributed by atoms with Gasteiger partial charge in [0.1, 0.15) is 23.9 Å². The van der Waals surface area contributed by atoms with E-state index < -0.39 is 5.82 Å². The summed E-state index contributed by atoms with van der Waals surface area (Å²) in [6.45, 7) is 6.18. The average Bonchev–Trinajstić information content (AvgIpc) is 2.56. The van der Waals surface area contributed by atoms with Crippen molar-refractivity contribution in [1.82, 2.24) is 0 Å². The van der Waals surface area contributed by atoms with E-state index in [0.29, 0.717) is 11.3 Å². The fraction of sp³-hybridized carbons (Fsp3) is 0.316. The molecule has 3 nitrogen and oxygen atoms in total. The largest absolute Gasteiger partial charge is 0.488 e. The quantitative estimate of drug-likeness (QED) is 0.719. The van der Waals surface area contributed by atoms with E-state index in [1.807, 2.05) is 19.9 Å². The number of methoxy groups -OCH3 is 1. The van der Waals surface area contributed by atoms with Crippen LogP contribution in [0.5, 0.6) is 11.5 Å². The van der Waals surface area contributed by atoms with Crippen molar-refractivity contribution in [2.24, 2.45) is 0 Å². The van der Waals surface area contributed by atoms with Gasteiger partial charge < -0.3 is 14.2 Å². The predicted molar refractivity (Wildman–Crippen MR) is 96.3 cm³/mol. The molecule has 0 aromatic heterocycles. The van der Waals surface area contributed by atoms with Gasteiger partial charge in [0.15, 0.2) is 0 Å². The highest BCUT2D eigenvalue weighted by molar-refractivity contribution is 7.79. The van der Waals surface area contributed by atoms with Crippen molar-refractivity contribution in [3.05, 3.63) is 58.4 Å². The maximum atomic E-state index is 14.2. The van der Waals surface area contributed by atoms with Gasteiger partial charge in [0.05, 0.1) is 12.7 Å². The summed E-state index contributed by atoms with van der Waals surface area (Å²) in [5, 5.41) is -0.0684. The number of thiocarbonyl (C=S) groups is 1. The SMILES string of the molecule is CCc1cc(C)c(OCc2c(F)cccc2OC(=S)OC)cc1C. The highest BCUT2D eigenvalue weighted by Gasteiger charge is 2.14. The molecule has 24 heavy (non-hydrogen) atoms. The van der Waals surface area contributed by atoms with Gasteiger partial charge in [-0.25, -0.2) is 4.39 Å². The van der Waals surface area contributed by atoms with Crippen molar-refractivity contribution in [2.45, 2.75) is 33.8 Å². The van der Waals surface area contributed by atoms with E-state index in [2.05, 4.69) is 13.0 Å². The van der Waals surface area contributed by atoms with E-state index >= 15 is 0 Å². The summed E-state index contributed by atoms with van der Waals surface area (Å²) in [5.74, 6) is 0.612. The summed E-state index contributed by atoms with van der Waals surface area (Å²) in [4.78, 5) is 0. The Morgan fingerprint density at radius 2 is 1.88 bits per heavy atom. The molecule has 0 N–H and O–H groups in total. The second-order valence-electron chi connectivity index (χ2n) is 5.46. The molecule has 2 aromatic rings. The van der Waals surface area contributed by atoms with Crippen LogP contribution in [0.4, 0.5) is 4.39 Å². The van der Waals surface area contributed by atoms with Gasteiger partial charge >= 0.3 is 5.24 Å². The van der Waals surface area contributed by atoms with Crippen LogP contribution in [0.2, 0.25) is 0 Å². The van der Waals surface area contributed by atoms with E-state index in [-0.39, 0.29) is 11.8 Å². The molecule has 0 fully saturated rings. The molecule has 0 aliphatic rings. The van der Waals surface area contributed by atoms with Crippen LogP contribution >= 0.6 is 12.2 Å². The molecular formula is C19H21FO3S. The molecule has 0 unspecified atom stereocenters. The molecule has 0 aliphatic carbocycles. The first kappa shape index (κ1) is 18.2. The third-order valence-electron chi connectivity index (χ3n) is 3.82. The lowest BCUT2D eigenvalue weighted by atomic mass is 10.0.